The van der Waals surface area contributed by atoms with Crippen LogP contribution in [0.25, 0.3) is 0 Å². The predicted octanol–water partition coefficient (Wildman–Crippen LogP) is 0.244. The number of rotatable bonds is 6. The standard InChI is InChI=1S/C12H27N3O2S/c1-5-14-18(16,17)7-6-13-12-8-11(3)15(4)9-10(12)2/h10-14H,5-9H2,1-4H3. The lowest BCUT2D eigenvalue weighted by Crippen LogP contribution is -2.51. The maximum absolute atomic E-state index is 11.5. The molecule has 1 aliphatic rings. The topological polar surface area (TPSA) is 61.4 Å². The highest BCUT2D eigenvalue weighted by atomic mass is 32.2. The SMILES string of the molecule is CCNS(=O)(=O)CCNC1CC(C)N(C)CC1C. The molecule has 3 unspecified atom stereocenters. The summed E-state index contributed by atoms with van der Waals surface area (Å²) in [6.07, 6.45) is 1.08. The lowest BCUT2D eigenvalue weighted by molar-refractivity contribution is 0.123. The molecule has 108 valence electrons. The molecule has 1 fully saturated rings. The van der Waals surface area contributed by atoms with Gasteiger partial charge in [-0.15, -0.1) is 0 Å². The van der Waals surface area contributed by atoms with E-state index in [1.54, 1.807) is 6.92 Å². The van der Waals surface area contributed by atoms with Crippen molar-refractivity contribution in [3.63, 3.8) is 0 Å². The van der Waals surface area contributed by atoms with Crippen molar-refractivity contribution in [1.82, 2.24) is 14.9 Å². The van der Waals surface area contributed by atoms with E-state index in [0.717, 1.165) is 13.0 Å². The molecule has 0 amide bonds. The largest absolute Gasteiger partial charge is 0.313 e. The zero-order chi connectivity index (χ0) is 13.8. The summed E-state index contributed by atoms with van der Waals surface area (Å²) in [5, 5.41) is 3.39. The minimum absolute atomic E-state index is 0.161. The summed E-state index contributed by atoms with van der Waals surface area (Å²) in [6, 6.07) is 0.983. The monoisotopic (exact) mass is 277 g/mol. The van der Waals surface area contributed by atoms with Crippen LogP contribution in [0.3, 0.4) is 0 Å². The summed E-state index contributed by atoms with van der Waals surface area (Å²) in [6.45, 7) is 8.30. The van der Waals surface area contributed by atoms with Crippen LogP contribution in [-0.2, 0) is 10.0 Å². The summed E-state index contributed by atoms with van der Waals surface area (Å²) < 4.78 is 25.5. The summed E-state index contributed by atoms with van der Waals surface area (Å²) in [7, 11) is -0.951. The van der Waals surface area contributed by atoms with Crippen molar-refractivity contribution in [1.29, 1.82) is 0 Å². The second kappa shape index (κ2) is 6.84. The Hall–Kier alpha value is -0.170. The third kappa shape index (κ3) is 4.84. The maximum Gasteiger partial charge on any atom is 0.212 e. The van der Waals surface area contributed by atoms with Gasteiger partial charge in [-0.2, -0.15) is 0 Å². The van der Waals surface area contributed by atoms with Crippen molar-refractivity contribution >= 4 is 10.0 Å². The highest BCUT2D eigenvalue weighted by Gasteiger charge is 2.28. The van der Waals surface area contributed by atoms with E-state index >= 15 is 0 Å². The second-order valence-electron chi connectivity index (χ2n) is 5.38. The van der Waals surface area contributed by atoms with Crippen molar-refractivity contribution in [3.05, 3.63) is 0 Å². The van der Waals surface area contributed by atoms with Crippen molar-refractivity contribution in [2.75, 3.05) is 32.4 Å². The average molecular weight is 277 g/mol. The molecule has 0 aromatic rings. The van der Waals surface area contributed by atoms with E-state index in [4.69, 9.17) is 0 Å². The number of nitrogens with one attached hydrogen (secondary N) is 2. The molecule has 2 N–H and O–H groups in total. The number of nitrogens with zero attached hydrogens (tertiary/aromatic N) is 1. The van der Waals surface area contributed by atoms with E-state index in [1.807, 2.05) is 0 Å². The van der Waals surface area contributed by atoms with Crippen LogP contribution in [0.2, 0.25) is 0 Å². The lowest BCUT2D eigenvalue weighted by atomic mass is 9.90. The zero-order valence-corrected chi connectivity index (χ0v) is 12.8. The van der Waals surface area contributed by atoms with Gasteiger partial charge in [0.2, 0.25) is 10.0 Å². The molecule has 0 bridgehead atoms. The Labute approximate surface area is 111 Å². The smallest absolute Gasteiger partial charge is 0.212 e. The molecular formula is C12H27N3O2S. The van der Waals surface area contributed by atoms with E-state index < -0.39 is 10.0 Å². The predicted molar refractivity (Wildman–Crippen MR) is 75.1 cm³/mol. The van der Waals surface area contributed by atoms with Gasteiger partial charge in [0, 0.05) is 31.7 Å². The van der Waals surface area contributed by atoms with Gasteiger partial charge in [-0.3, -0.25) is 0 Å². The Balaban J connectivity index is 2.35. The first-order valence-electron chi connectivity index (χ1n) is 6.76. The fourth-order valence-corrected chi connectivity index (χ4v) is 3.47. The maximum atomic E-state index is 11.5. The second-order valence-corrected chi connectivity index (χ2v) is 7.31. The minimum atomic E-state index is -3.10. The molecule has 6 heteroatoms. The van der Waals surface area contributed by atoms with Gasteiger partial charge in [-0.05, 0) is 26.3 Å². The summed E-state index contributed by atoms with van der Waals surface area (Å²) in [5.41, 5.74) is 0. The molecule has 5 nitrogen and oxygen atoms in total. The molecule has 0 saturated carbocycles. The van der Waals surface area contributed by atoms with Gasteiger partial charge < -0.3 is 10.2 Å². The Morgan fingerprint density at radius 1 is 1.33 bits per heavy atom. The van der Waals surface area contributed by atoms with Crippen molar-refractivity contribution in [2.24, 2.45) is 5.92 Å². The Kier molecular flexibility index (Phi) is 6.04. The first-order valence-corrected chi connectivity index (χ1v) is 8.42. The van der Waals surface area contributed by atoms with Gasteiger partial charge in [0.25, 0.3) is 0 Å². The van der Waals surface area contributed by atoms with Crippen molar-refractivity contribution < 1.29 is 8.42 Å². The van der Waals surface area contributed by atoms with E-state index in [2.05, 4.69) is 35.8 Å². The van der Waals surface area contributed by atoms with Crippen molar-refractivity contribution in [3.8, 4) is 0 Å². The highest BCUT2D eigenvalue weighted by Crippen LogP contribution is 2.20. The molecule has 18 heavy (non-hydrogen) atoms. The highest BCUT2D eigenvalue weighted by molar-refractivity contribution is 7.89. The lowest BCUT2D eigenvalue weighted by Gasteiger charge is -2.40. The minimum Gasteiger partial charge on any atom is -0.313 e. The van der Waals surface area contributed by atoms with E-state index in [0.29, 0.717) is 31.1 Å². The van der Waals surface area contributed by atoms with E-state index in [1.165, 1.54) is 0 Å². The normalized spacial score (nSPS) is 30.6. The molecular weight excluding hydrogens is 250 g/mol. The quantitative estimate of drug-likeness (QED) is 0.730. The van der Waals surface area contributed by atoms with Crippen LogP contribution in [0.15, 0.2) is 0 Å². The molecule has 0 aromatic heterocycles. The third-order valence-corrected chi connectivity index (χ3v) is 5.22. The number of likely N-dealkylation sites (tertiary alicyclic amines) is 1. The Morgan fingerprint density at radius 3 is 2.61 bits per heavy atom. The molecule has 0 aromatic carbocycles. The Bertz CT molecular complexity index is 345. The van der Waals surface area contributed by atoms with E-state index in [9.17, 15) is 8.42 Å². The number of hydrogen-bond acceptors (Lipinski definition) is 4. The molecule has 0 spiro atoms. The molecule has 1 rings (SSSR count). The first-order chi connectivity index (χ1) is 8.35. The van der Waals surface area contributed by atoms with Gasteiger partial charge in [-0.1, -0.05) is 13.8 Å². The third-order valence-electron chi connectivity index (χ3n) is 3.75. The number of sulfonamides is 1. The number of hydrogen-bond donors (Lipinski definition) is 2. The molecule has 0 aliphatic carbocycles. The average Bonchev–Trinajstić information content (AvgIpc) is 2.25. The fourth-order valence-electron chi connectivity index (χ4n) is 2.50. The van der Waals surface area contributed by atoms with Crippen LogP contribution >= 0.6 is 0 Å². The van der Waals surface area contributed by atoms with Crippen LogP contribution in [0.5, 0.6) is 0 Å². The zero-order valence-electron chi connectivity index (χ0n) is 11.9. The molecule has 0 radical (unpaired) electrons. The van der Waals surface area contributed by atoms with Gasteiger partial charge in [0.1, 0.15) is 0 Å². The van der Waals surface area contributed by atoms with Crippen LogP contribution in [0, 0.1) is 5.92 Å². The molecule has 3 atom stereocenters. The van der Waals surface area contributed by atoms with Crippen LogP contribution in [-0.4, -0.2) is 57.8 Å². The molecule has 1 aliphatic heterocycles. The summed E-state index contributed by atoms with van der Waals surface area (Å²) >= 11 is 0. The van der Waals surface area contributed by atoms with Gasteiger partial charge in [0.15, 0.2) is 0 Å². The Morgan fingerprint density at radius 2 is 2.00 bits per heavy atom. The van der Waals surface area contributed by atoms with Gasteiger partial charge >= 0.3 is 0 Å². The van der Waals surface area contributed by atoms with Crippen LogP contribution in [0.4, 0.5) is 0 Å². The summed E-state index contributed by atoms with van der Waals surface area (Å²) in [4.78, 5) is 2.36. The van der Waals surface area contributed by atoms with Gasteiger partial charge in [0.05, 0.1) is 5.75 Å². The van der Waals surface area contributed by atoms with Crippen molar-refractivity contribution in [2.45, 2.75) is 39.3 Å². The first kappa shape index (κ1) is 15.9. The summed E-state index contributed by atoms with van der Waals surface area (Å²) in [5.74, 6) is 0.724. The number of piperidine rings is 1. The van der Waals surface area contributed by atoms with E-state index in [-0.39, 0.29) is 5.75 Å². The molecule has 1 heterocycles. The molecule has 1 saturated heterocycles. The van der Waals surface area contributed by atoms with Crippen LogP contribution < -0.4 is 10.0 Å². The fraction of sp³-hybridized carbons (Fsp3) is 1.00. The van der Waals surface area contributed by atoms with Gasteiger partial charge in [-0.25, -0.2) is 13.1 Å². The van der Waals surface area contributed by atoms with Crippen LogP contribution in [0.1, 0.15) is 27.2 Å².